The maximum Gasteiger partial charge on any atom is -0.0000116 e. The molecule has 1 aliphatic heterocycles. The van der Waals surface area contributed by atoms with Crippen molar-refractivity contribution >= 4 is 12.4 Å². The van der Waals surface area contributed by atoms with Crippen molar-refractivity contribution in [1.29, 1.82) is 0 Å². The van der Waals surface area contributed by atoms with Gasteiger partial charge in [-0.15, -0.1) is 12.4 Å². The third kappa shape index (κ3) is 9.87. The van der Waals surface area contributed by atoms with E-state index in [1.807, 2.05) is 0 Å². The van der Waals surface area contributed by atoms with Gasteiger partial charge in [-0.1, -0.05) is 33.6 Å². The molecule has 104 valence electrons. The minimum atomic E-state index is 0. The second-order valence-corrected chi connectivity index (χ2v) is 6.35. The lowest BCUT2D eigenvalue weighted by atomic mass is 9.97. The SMILES string of the molecule is CC(C)(C)CNCCCN1CCCCCC1.Cl. The number of hydrogen-bond acceptors (Lipinski definition) is 2. The molecule has 2 nitrogen and oxygen atoms in total. The van der Waals surface area contributed by atoms with Crippen molar-refractivity contribution in [3.63, 3.8) is 0 Å². The minimum absolute atomic E-state index is 0. The summed E-state index contributed by atoms with van der Waals surface area (Å²) >= 11 is 0. The van der Waals surface area contributed by atoms with Crippen LogP contribution in [0.3, 0.4) is 0 Å². The van der Waals surface area contributed by atoms with Crippen LogP contribution in [0.1, 0.15) is 52.9 Å². The van der Waals surface area contributed by atoms with Crippen LogP contribution < -0.4 is 5.32 Å². The number of nitrogens with one attached hydrogen (secondary N) is 1. The molecule has 1 N–H and O–H groups in total. The van der Waals surface area contributed by atoms with Crippen molar-refractivity contribution in [2.45, 2.75) is 52.9 Å². The zero-order chi connectivity index (χ0) is 11.9. The lowest BCUT2D eigenvalue weighted by molar-refractivity contribution is 0.276. The molecule has 0 radical (unpaired) electrons. The Kier molecular flexibility index (Phi) is 9.29. The molecule has 0 amide bonds. The molecule has 0 atom stereocenters. The first-order valence-corrected chi connectivity index (χ1v) is 7.01. The fraction of sp³-hybridized carbons (Fsp3) is 1.00. The predicted molar refractivity (Wildman–Crippen MR) is 79.1 cm³/mol. The highest BCUT2D eigenvalue weighted by Gasteiger charge is 2.10. The van der Waals surface area contributed by atoms with Gasteiger partial charge in [-0.3, -0.25) is 0 Å². The number of hydrogen-bond donors (Lipinski definition) is 1. The van der Waals surface area contributed by atoms with Crippen LogP contribution in [0, 0.1) is 5.41 Å². The Morgan fingerprint density at radius 1 is 1.00 bits per heavy atom. The van der Waals surface area contributed by atoms with E-state index in [1.165, 1.54) is 58.3 Å². The van der Waals surface area contributed by atoms with E-state index >= 15 is 0 Å². The van der Waals surface area contributed by atoms with Gasteiger partial charge in [0.2, 0.25) is 0 Å². The van der Waals surface area contributed by atoms with Crippen molar-refractivity contribution in [1.82, 2.24) is 10.2 Å². The highest BCUT2D eigenvalue weighted by Crippen LogP contribution is 2.11. The highest BCUT2D eigenvalue weighted by atomic mass is 35.5. The summed E-state index contributed by atoms with van der Waals surface area (Å²) in [5.74, 6) is 0. The molecule has 1 aliphatic rings. The number of nitrogens with zero attached hydrogens (tertiary/aromatic N) is 1. The maximum atomic E-state index is 3.55. The van der Waals surface area contributed by atoms with Gasteiger partial charge in [0.05, 0.1) is 0 Å². The molecular weight excluding hydrogens is 232 g/mol. The van der Waals surface area contributed by atoms with Crippen LogP contribution in [0.25, 0.3) is 0 Å². The monoisotopic (exact) mass is 262 g/mol. The van der Waals surface area contributed by atoms with E-state index in [-0.39, 0.29) is 12.4 Å². The van der Waals surface area contributed by atoms with Crippen LogP contribution in [0.4, 0.5) is 0 Å². The Morgan fingerprint density at radius 3 is 2.12 bits per heavy atom. The first-order valence-electron chi connectivity index (χ1n) is 7.01. The van der Waals surface area contributed by atoms with Crippen molar-refractivity contribution < 1.29 is 0 Å². The van der Waals surface area contributed by atoms with Gasteiger partial charge in [0.25, 0.3) is 0 Å². The Bertz CT molecular complexity index is 170. The smallest absolute Gasteiger partial charge is 0.0000116 e. The van der Waals surface area contributed by atoms with E-state index in [0.717, 1.165) is 6.54 Å². The molecule has 1 heterocycles. The van der Waals surface area contributed by atoms with Gasteiger partial charge < -0.3 is 10.2 Å². The molecule has 0 bridgehead atoms. The molecule has 1 rings (SSSR count). The highest BCUT2D eigenvalue weighted by molar-refractivity contribution is 5.85. The van der Waals surface area contributed by atoms with E-state index in [0.29, 0.717) is 5.41 Å². The number of rotatable bonds is 5. The summed E-state index contributed by atoms with van der Waals surface area (Å²) in [4.78, 5) is 2.64. The average molecular weight is 263 g/mol. The van der Waals surface area contributed by atoms with Gasteiger partial charge in [0.15, 0.2) is 0 Å². The summed E-state index contributed by atoms with van der Waals surface area (Å²) in [5, 5.41) is 3.55. The van der Waals surface area contributed by atoms with Crippen molar-refractivity contribution in [3.8, 4) is 0 Å². The predicted octanol–water partition coefficient (Wildman–Crippen LogP) is 3.31. The van der Waals surface area contributed by atoms with Crippen molar-refractivity contribution in [3.05, 3.63) is 0 Å². The first kappa shape index (κ1) is 17.2. The Balaban J connectivity index is 0.00000256. The second kappa shape index (κ2) is 9.18. The van der Waals surface area contributed by atoms with Crippen molar-refractivity contribution in [2.24, 2.45) is 5.41 Å². The fourth-order valence-corrected chi connectivity index (χ4v) is 2.25. The first-order chi connectivity index (χ1) is 7.58. The Labute approximate surface area is 114 Å². The zero-order valence-corrected chi connectivity index (χ0v) is 12.7. The van der Waals surface area contributed by atoms with Crippen LogP contribution in [0.2, 0.25) is 0 Å². The topological polar surface area (TPSA) is 15.3 Å². The molecular formula is C14H31ClN2. The molecule has 0 aromatic heterocycles. The van der Waals surface area contributed by atoms with E-state index in [9.17, 15) is 0 Å². The molecule has 0 saturated carbocycles. The molecule has 17 heavy (non-hydrogen) atoms. The van der Waals surface area contributed by atoms with Gasteiger partial charge in [-0.25, -0.2) is 0 Å². The normalized spacial score (nSPS) is 18.5. The number of halogens is 1. The largest absolute Gasteiger partial charge is 0.316 e. The van der Waals surface area contributed by atoms with E-state index < -0.39 is 0 Å². The molecule has 0 spiro atoms. The molecule has 0 aromatic carbocycles. The Morgan fingerprint density at radius 2 is 1.59 bits per heavy atom. The summed E-state index contributed by atoms with van der Waals surface area (Å²) in [6.45, 7) is 13.1. The molecule has 1 fully saturated rings. The quantitative estimate of drug-likeness (QED) is 0.765. The van der Waals surface area contributed by atoms with Crippen LogP contribution in [-0.2, 0) is 0 Å². The number of likely N-dealkylation sites (tertiary alicyclic amines) is 1. The van der Waals surface area contributed by atoms with Crippen molar-refractivity contribution in [2.75, 3.05) is 32.7 Å². The third-order valence-electron chi connectivity index (χ3n) is 3.18. The van der Waals surface area contributed by atoms with E-state index in [4.69, 9.17) is 0 Å². The molecule has 3 heteroatoms. The van der Waals surface area contributed by atoms with Crippen LogP contribution in [-0.4, -0.2) is 37.6 Å². The standard InChI is InChI=1S/C14H30N2.ClH/c1-14(2,3)13-15-9-8-12-16-10-6-4-5-7-11-16;/h15H,4-13H2,1-3H3;1H. The minimum Gasteiger partial charge on any atom is -0.316 e. The fourth-order valence-electron chi connectivity index (χ4n) is 2.25. The summed E-state index contributed by atoms with van der Waals surface area (Å²) in [5.41, 5.74) is 0.419. The van der Waals surface area contributed by atoms with Gasteiger partial charge in [-0.2, -0.15) is 0 Å². The summed E-state index contributed by atoms with van der Waals surface area (Å²) in [7, 11) is 0. The second-order valence-electron chi connectivity index (χ2n) is 6.35. The third-order valence-corrected chi connectivity index (χ3v) is 3.18. The molecule has 0 unspecified atom stereocenters. The van der Waals surface area contributed by atoms with Crippen LogP contribution in [0.15, 0.2) is 0 Å². The molecule has 1 saturated heterocycles. The van der Waals surface area contributed by atoms with E-state index in [2.05, 4.69) is 31.0 Å². The molecule has 0 aromatic rings. The molecule has 0 aliphatic carbocycles. The van der Waals surface area contributed by atoms with Gasteiger partial charge in [0.1, 0.15) is 0 Å². The van der Waals surface area contributed by atoms with Crippen LogP contribution in [0.5, 0.6) is 0 Å². The Hall–Kier alpha value is 0.210. The van der Waals surface area contributed by atoms with Gasteiger partial charge in [-0.05, 0) is 57.4 Å². The summed E-state index contributed by atoms with van der Waals surface area (Å²) < 4.78 is 0. The summed E-state index contributed by atoms with van der Waals surface area (Å²) in [6.07, 6.45) is 7.01. The van der Waals surface area contributed by atoms with Gasteiger partial charge >= 0.3 is 0 Å². The van der Waals surface area contributed by atoms with Gasteiger partial charge in [0, 0.05) is 0 Å². The summed E-state index contributed by atoms with van der Waals surface area (Å²) in [6, 6.07) is 0. The lowest BCUT2D eigenvalue weighted by Crippen LogP contribution is -2.31. The van der Waals surface area contributed by atoms with Crippen LogP contribution >= 0.6 is 12.4 Å². The zero-order valence-electron chi connectivity index (χ0n) is 11.9. The lowest BCUT2D eigenvalue weighted by Gasteiger charge is -2.21. The van der Waals surface area contributed by atoms with E-state index in [1.54, 1.807) is 0 Å². The maximum absolute atomic E-state index is 3.55. The average Bonchev–Trinajstić information content (AvgIpc) is 2.44.